The number of rotatable bonds is 4. The van der Waals surface area contributed by atoms with Crippen molar-refractivity contribution in [1.29, 1.82) is 0 Å². The second-order valence-corrected chi connectivity index (χ2v) is 5.23. The fourth-order valence-corrected chi connectivity index (χ4v) is 2.27. The van der Waals surface area contributed by atoms with Crippen molar-refractivity contribution in [1.82, 2.24) is 9.78 Å². The first kappa shape index (κ1) is 15.6. The third-order valence-corrected chi connectivity index (χ3v) is 3.44. The number of benzene rings is 1. The molecule has 0 spiro atoms. The third kappa shape index (κ3) is 3.12. The van der Waals surface area contributed by atoms with E-state index in [-0.39, 0.29) is 12.2 Å². The first-order valence-electron chi connectivity index (χ1n) is 6.04. The minimum atomic E-state index is -1.26. The van der Waals surface area contributed by atoms with E-state index in [2.05, 4.69) is 25.8 Å². The van der Waals surface area contributed by atoms with Gasteiger partial charge in [0, 0.05) is 9.86 Å². The number of hydrogen-bond acceptors (Lipinski definition) is 6. The van der Waals surface area contributed by atoms with Gasteiger partial charge in [0.15, 0.2) is 0 Å². The summed E-state index contributed by atoms with van der Waals surface area (Å²) < 4.78 is 6.12. The monoisotopic (exact) mass is 356 g/mol. The molecular formula is C13H13BrN2O5. The van der Waals surface area contributed by atoms with Crippen LogP contribution in [0, 0.1) is 0 Å². The number of esters is 1. The second-order valence-electron chi connectivity index (χ2n) is 4.31. The molecule has 21 heavy (non-hydrogen) atoms. The van der Waals surface area contributed by atoms with Gasteiger partial charge in [0.25, 0.3) is 5.56 Å². The molecule has 0 amide bonds. The number of aliphatic hydroxyl groups is 2. The Morgan fingerprint density at radius 3 is 2.81 bits per heavy atom. The zero-order valence-electron chi connectivity index (χ0n) is 11.1. The van der Waals surface area contributed by atoms with Crippen molar-refractivity contribution in [3.05, 3.63) is 38.7 Å². The molecular weight excluding hydrogens is 344 g/mol. The van der Waals surface area contributed by atoms with E-state index in [1.165, 1.54) is 7.11 Å². The summed E-state index contributed by atoms with van der Waals surface area (Å²) in [5.41, 5.74) is -0.353. The summed E-state index contributed by atoms with van der Waals surface area (Å²) in [6, 6.07) is 4.85. The number of hydrogen-bond donors (Lipinski definition) is 2. The van der Waals surface area contributed by atoms with E-state index in [0.717, 1.165) is 4.68 Å². The number of fused-ring (bicyclic) bond motifs is 1. The fraction of sp³-hybridized carbons (Fsp3) is 0.308. The first-order chi connectivity index (χ1) is 9.97. The van der Waals surface area contributed by atoms with E-state index in [9.17, 15) is 14.7 Å². The van der Waals surface area contributed by atoms with E-state index >= 15 is 0 Å². The van der Waals surface area contributed by atoms with Crippen LogP contribution in [0.4, 0.5) is 0 Å². The summed E-state index contributed by atoms with van der Waals surface area (Å²) in [4.78, 5) is 23.6. The van der Waals surface area contributed by atoms with Crippen LogP contribution in [-0.2, 0) is 16.1 Å². The number of ether oxygens (including phenoxy) is 1. The zero-order valence-corrected chi connectivity index (χ0v) is 12.7. The highest BCUT2D eigenvalue weighted by Gasteiger charge is 2.18. The lowest BCUT2D eigenvalue weighted by Crippen LogP contribution is -2.29. The molecule has 2 aromatic rings. The maximum atomic E-state index is 12.3. The van der Waals surface area contributed by atoms with Gasteiger partial charge in [-0.3, -0.25) is 9.59 Å². The normalized spacial score (nSPS) is 12.4. The molecule has 7 nitrogen and oxygen atoms in total. The summed E-state index contributed by atoms with van der Waals surface area (Å²) >= 11 is 3.28. The second kappa shape index (κ2) is 6.33. The maximum absolute atomic E-state index is 12.3. The summed E-state index contributed by atoms with van der Waals surface area (Å²) in [5, 5.41) is 23.7. The van der Waals surface area contributed by atoms with Crippen LogP contribution < -0.4 is 5.56 Å². The molecule has 1 unspecified atom stereocenters. The van der Waals surface area contributed by atoms with Crippen LogP contribution in [0.5, 0.6) is 0 Å². The highest BCUT2D eigenvalue weighted by molar-refractivity contribution is 9.10. The van der Waals surface area contributed by atoms with Crippen molar-refractivity contribution in [2.75, 3.05) is 13.7 Å². The number of halogens is 1. The average molecular weight is 357 g/mol. The van der Waals surface area contributed by atoms with Crippen molar-refractivity contribution in [3.63, 3.8) is 0 Å². The smallest absolute Gasteiger partial charge is 0.327 e. The van der Waals surface area contributed by atoms with E-state index < -0.39 is 24.2 Å². The molecule has 0 radical (unpaired) electrons. The van der Waals surface area contributed by atoms with Crippen molar-refractivity contribution >= 4 is 32.7 Å². The van der Waals surface area contributed by atoms with Crippen molar-refractivity contribution in [2.45, 2.75) is 12.6 Å². The van der Waals surface area contributed by atoms with Crippen LogP contribution >= 0.6 is 15.9 Å². The molecule has 112 valence electrons. The molecule has 1 heterocycles. The highest BCUT2D eigenvalue weighted by Crippen LogP contribution is 2.23. The lowest BCUT2D eigenvalue weighted by atomic mass is 10.1. The third-order valence-electron chi connectivity index (χ3n) is 2.95. The average Bonchev–Trinajstić information content (AvgIpc) is 2.48. The van der Waals surface area contributed by atoms with Gasteiger partial charge in [-0.1, -0.05) is 15.9 Å². The van der Waals surface area contributed by atoms with Gasteiger partial charge in [-0.2, -0.15) is 5.10 Å². The van der Waals surface area contributed by atoms with E-state index in [0.29, 0.717) is 15.2 Å². The molecule has 0 aliphatic heterocycles. The van der Waals surface area contributed by atoms with Crippen molar-refractivity contribution < 1.29 is 19.7 Å². The number of nitrogens with zero attached hydrogens (tertiary/aromatic N) is 2. The molecule has 0 aliphatic rings. The van der Waals surface area contributed by atoms with Gasteiger partial charge in [-0.25, -0.2) is 4.68 Å². The Morgan fingerprint density at radius 2 is 2.19 bits per heavy atom. The molecule has 1 atom stereocenters. The summed E-state index contributed by atoms with van der Waals surface area (Å²) in [6.45, 7) is -0.919. The maximum Gasteiger partial charge on any atom is 0.327 e. The Kier molecular flexibility index (Phi) is 4.71. The summed E-state index contributed by atoms with van der Waals surface area (Å²) in [6.07, 6.45) is -1.26. The minimum Gasteiger partial charge on any atom is -0.468 e. The molecule has 1 aromatic carbocycles. The van der Waals surface area contributed by atoms with Crippen LogP contribution in [0.25, 0.3) is 10.8 Å². The lowest BCUT2D eigenvalue weighted by molar-refractivity contribution is -0.141. The molecule has 8 heteroatoms. The van der Waals surface area contributed by atoms with Gasteiger partial charge < -0.3 is 14.9 Å². The summed E-state index contributed by atoms with van der Waals surface area (Å²) in [7, 11) is 1.20. The minimum absolute atomic E-state index is 0.123. The molecule has 2 rings (SSSR count). The fourth-order valence-electron chi connectivity index (χ4n) is 1.91. The predicted octanol–water partition coefficient (Wildman–Crippen LogP) is 0.358. The molecule has 0 saturated heterocycles. The van der Waals surface area contributed by atoms with Crippen LogP contribution in [0.2, 0.25) is 0 Å². The standard InChI is InChI=1S/C13H13BrN2O5/c1-21-11(19)5-16-13(20)8-3-2-7(14)4-9(8)12(15-16)10(18)6-17/h2-4,10,17-18H,5-6H2,1H3. The molecule has 0 bridgehead atoms. The molecule has 0 fully saturated rings. The van der Waals surface area contributed by atoms with E-state index in [1.807, 2.05) is 0 Å². The van der Waals surface area contributed by atoms with Crippen LogP contribution in [0.1, 0.15) is 11.8 Å². The number of carbonyl (C=O) groups is 1. The van der Waals surface area contributed by atoms with Gasteiger partial charge in [0.05, 0.1) is 19.1 Å². The van der Waals surface area contributed by atoms with E-state index in [1.54, 1.807) is 18.2 Å². The Bertz CT molecular complexity index is 743. The van der Waals surface area contributed by atoms with Gasteiger partial charge in [0.2, 0.25) is 0 Å². The van der Waals surface area contributed by atoms with Gasteiger partial charge in [-0.15, -0.1) is 0 Å². The van der Waals surface area contributed by atoms with Crippen molar-refractivity contribution in [2.24, 2.45) is 0 Å². The Balaban J connectivity index is 2.73. The summed E-state index contributed by atoms with van der Waals surface area (Å²) in [5.74, 6) is -0.634. The van der Waals surface area contributed by atoms with Crippen molar-refractivity contribution in [3.8, 4) is 0 Å². The lowest BCUT2D eigenvalue weighted by Gasteiger charge is -2.13. The SMILES string of the molecule is COC(=O)Cn1nc(C(O)CO)c2cc(Br)ccc2c1=O. The topological polar surface area (TPSA) is 102 Å². The number of aromatic nitrogens is 2. The Morgan fingerprint density at radius 1 is 1.48 bits per heavy atom. The number of carbonyl (C=O) groups excluding carboxylic acids is 1. The Hall–Kier alpha value is -1.77. The number of aliphatic hydroxyl groups excluding tert-OH is 2. The number of methoxy groups -OCH3 is 1. The quantitative estimate of drug-likeness (QED) is 0.766. The predicted molar refractivity (Wildman–Crippen MR) is 77.8 cm³/mol. The largest absolute Gasteiger partial charge is 0.468 e. The molecule has 1 aromatic heterocycles. The zero-order chi connectivity index (χ0) is 15.6. The molecule has 0 saturated carbocycles. The van der Waals surface area contributed by atoms with Gasteiger partial charge >= 0.3 is 5.97 Å². The highest BCUT2D eigenvalue weighted by atomic mass is 79.9. The van der Waals surface area contributed by atoms with Crippen LogP contribution in [0.3, 0.4) is 0 Å². The van der Waals surface area contributed by atoms with Crippen LogP contribution in [0.15, 0.2) is 27.5 Å². The van der Waals surface area contributed by atoms with E-state index in [4.69, 9.17) is 5.11 Å². The molecule has 2 N–H and O–H groups in total. The first-order valence-corrected chi connectivity index (χ1v) is 6.83. The Labute approximate surface area is 127 Å². The van der Waals surface area contributed by atoms with Gasteiger partial charge in [0.1, 0.15) is 18.3 Å². The van der Waals surface area contributed by atoms with Gasteiger partial charge in [-0.05, 0) is 18.2 Å². The molecule has 0 aliphatic carbocycles. The van der Waals surface area contributed by atoms with Crippen LogP contribution in [-0.4, -0.2) is 39.7 Å².